The van der Waals surface area contributed by atoms with E-state index in [2.05, 4.69) is 101 Å². The van der Waals surface area contributed by atoms with Gasteiger partial charge in [-0.15, -0.1) is 0 Å². The van der Waals surface area contributed by atoms with Crippen molar-refractivity contribution < 1.29 is 9.47 Å². The summed E-state index contributed by atoms with van der Waals surface area (Å²) < 4.78 is 17.9. The summed E-state index contributed by atoms with van der Waals surface area (Å²) in [6.45, 7) is 13.8. The summed E-state index contributed by atoms with van der Waals surface area (Å²) >= 11 is -3.17. The van der Waals surface area contributed by atoms with Gasteiger partial charge in [0.05, 0.1) is 0 Å². The van der Waals surface area contributed by atoms with Gasteiger partial charge >= 0.3 is 216 Å². The molecule has 8 rings (SSSR count). The number of ether oxygens (including phenoxy) is 2. The Bertz CT molecular complexity index is 1690. The van der Waals surface area contributed by atoms with Crippen LogP contribution in [0.15, 0.2) is 54.6 Å². The minimum absolute atomic E-state index is 0.111. The molecule has 36 heavy (non-hydrogen) atoms. The van der Waals surface area contributed by atoms with Crippen LogP contribution in [0.2, 0.25) is 5.25 Å². The van der Waals surface area contributed by atoms with E-state index in [9.17, 15) is 0 Å². The van der Waals surface area contributed by atoms with Gasteiger partial charge in [0.25, 0.3) is 0 Å². The fourth-order valence-corrected chi connectivity index (χ4v) is 19.0. The van der Waals surface area contributed by atoms with Gasteiger partial charge in [-0.05, 0) is 0 Å². The number of hydrogen-bond donors (Lipinski definition) is 0. The summed E-state index contributed by atoms with van der Waals surface area (Å²) in [7, 11) is 0. The molecular formula is C32H29GeNO2. The Morgan fingerprint density at radius 3 is 2.17 bits per heavy atom. The average Bonchev–Trinajstić information content (AvgIpc) is 2.86. The van der Waals surface area contributed by atoms with Gasteiger partial charge in [0.2, 0.25) is 0 Å². The maximum atomic E-state index is 6.82. The number of anilines is 3. The third-order valence-corrected chi connectivity index (χ3v) is 19.8. The van der Waals surface area contributed by atoms with Crippen LogP contribution >= 0.6 is 0 Å². The summed E-state index contributed by atoms with van der Waals surface area (Å²) in [6.07, 6.45) is 0. The molecule has 0 saturated carbocycles. The van der Waals surface area contributed by atoms with Gasteiger partial charge in [0, 0.05) is 0 Å². The molecule has 3 nitrogen and oxygen atoms in total. The van der Waals surface area contributed by atoms with Gasteiger partial charge in [0.15, 0.2) is 0 Å². The van der Waals surface area contributed by atoms with Gasteiger partial charge in [-0.2, -0.15) is 0 Å². The van der Waals surface area contributed by atoms with E-state index in [1.807, 2.05) is 0 Å². The van der Waals surface area contributed by atoms with Crippen molar-refractivity contribution in [3.05, 3.63) is 82.4 Å². The Morgan fingerprint density at radius 1 is 0.750 bits per heavy atom. The predicted octanol–water partition coefficient (Wildman–Crippen LogP) is 6.74. The first-order valence-corrected chi connectivity index (χ1v) is 17.6. The topological polar surface area (TPSA) is 21.7 Å². The standard InChI is InChI=1S/C32H29GeNO2/c1-7-33-26-23-14-12-18(3)30(26)35-24-9-8-10-25(27(24)33)36-31-19(4)16-21-29(28(31)33)34(23)22-13-11-17(2)15-20(22)32(21,5)6/h8-16H,7H2,1-6H3. The van der Waals surface area contributed by atoms with E-state index in [1.54, 1.807) is 0 Å². The average molecular weight is 532 g/mol. The fraction of sp³-hybridized carbons (Fsp3) is 0.250. The predicted molar refractivity (Wildman–Crippen MR) is 149 cm³/mol. The van der Waals surface area contributed by atoms with Crippen LogP contribution in [0.5, 0.6) is 23.0 Å². The van der Waals surface area contributed by atoms with Crippen LogP contribution in [0.25, 0.3) is 0 Å². The van der Waals surface area contributed by atoms with Gasteiger partial charge in [-0.25, -0.2) is 0 Å². The molecule has 4 aliphatic rings. The SMILES string of the molecule is C[CH2][Ge]12[c]3c4cccc3Oc3c(C)cc5c([c]31)N(c1ccc(C)cc1C5(C)C)c1ccc(C)c([c]12)O4. The Morgan fingerprint density at radius 2 is 1.44 bits per heavy atom. The Labute approximate surface area is 215 Å². The first-order chi connectivity index (χ1) is 17.3. The molecule has 178 valence electrons. The number of hydrogen-bond acceptors (Lipinski definition) is 3. The summed E-state index contributed by atoms with van der Waals surface area (Å²) in [5.41, 5.74) is 10.4. The van der Waals surface area contributed by atoms with Gasteiger partial charge in [-0.1, -0.05) is 0 Å². The molecule has 0 spiro atoms. The molecule has 0 aromatic heterocycles. The number of aryl methyl sites for hydroxylation is 3. The minimum atomic E-state index is -3.17. The second kappa shape index (κ2) is 6.38. The van der Waals surface area contributed by atoms with Gasteiger partial charge < -0.3 is 0 Å². The maximum absolute atomic E-state index is 6.82. The van der Waals surface area contributed by atoms with Crippen molar-refractivity contribution in [3.8, 4) is 23.0 Å². The monoisotopic (exact) mass is 533 g/mol. The molecule has 4 aromatic rings. The summed E-state index contributed by atoms with van der Waals surface area (Å²) in [6, 6.07) is 20.4. The first-order valence-electron chi connectivity index (χ1n) is 13.0. The van der Waals surface area contributed by atoms with Gasteiger partial charge in [-0.3, -0.25) is 0 Å². The Balaban J connectivity index is 1.64. The van der Waals surface area contributed by atoms with Crippen LogP contribution in [-0.4, -0.2) is 13.3 Å². The van der Waals surface area contributed by atoms with E-state index >= 15 is 0 Å². The molecule has 1 atom stereocenters. The third kappa shape index (κ3) is 2.12. The molecule has 0 aliphatic carbocycles. The van der Waals surface area contributed by atoms with E-state index in [-0.39, 0.29) is 5.41 Å². The zero-order chi connectivity index (χ0) is 24.7. The first kappa shape index (κ1) is 21.0. The number of fused-ring (bicyclic) bond motifs is 3. The summed E-state index contributed by atoms with van der Waals surface area (Å²) in [5, 5.41) is 1.12. The van der Waals surface area contributed by atoms with Crippen molar-refractivity contribution in [2.75, 3.05) is 4.90 Å². The van der Waals surface area contributed by atoms with Crippen molar-refractivity contribution in [3.63, 3.8) is 0 Å². The zero-order valence-electron chi connectivity index (χ0n) is 21.7. The molecule has 0 N–H and O–H groups in total. The zero-order valence-corrected chi connectivity index (χ0v) is 23.8. The number of nitrogens with zero attached hydrogens (tertiary/aromatic N) is 1. The third-order valence-electron chi connectivity index (χ3n) is 9.20. The van der Waals surface area contributed by atoms with E-state index in [0.717, 1.165) is 28.3 Å². The second-order valence-electron chi connectivity index (χ2n) is 11.5. The van der Waals surface area contributed by atoms with Crippen molar-refractivity contribution in [1.29, 1.82) is 0 Å². The van der Waals surface area contributed by atoms with Crippen LogP contribution in [0.1, 0.15) is 48.6 Å². The van der Waals surface area contributed by atoms with Crippen molar-refractivity contribution in [2.45, 2.75) is 52.2 Å². The molecule has 1 unspecified atom stereocenters. The Hall–Kier alpha value is -3.18. The quantitative estimate of drug-likeness (QED) is 0.224. The number of rotatable bonds is 1. The van der Waals surface area contributed by atoms with Crippen molar-refractivity contribution in [2.24, 2.45) is 0 Å². The molecule has 0 radical (unpaired) electrons. The van der Waals surface area contributed by atoms with E-state index < -0.39 is 13.3 Å². The summed E-state index contributed by atoms with van der Waals surface area (Å²) in [5.74, 6) is 4.18. The molecule has 4 aliphatic heterocycles. The van der Waals surface area contributed by atoms with Crippen LogP contribution in [0.3, 0.4) is 0 Å². The normalized spacial score (nSPS) is 20.2. The number of benzene rings is 4. The van der Waals surface area contributed by atoms with E-state index in [1.165, 1.54) is 58.1 Å². The van der Waals surface area contributed by atoms with Gasteiger partial charge in [0.1, 0.15) is 0 Å². The molecular weight excluding hydrogens is 503 g/mol. The van der Waals surface area contributed by atoms with Crippen molar-refractivity contribution >= 4 is 43.5 Å². The molecule has 0 fully saturated rings. The summed E-state index contributed by atoms with van der Waals surface area (Å²) in [4.78, 5) is 2.55. The molecule has 0 saturated heterocycles. The Kier molecular flexibility index (Phi) is 3.72. The molecule has 0 bridgehead atoms. The van der Waals surface area contributed by atoms with Crippen molar-refractivity contribution in [1.82, 2.24) is 0 Å². The van der Waals surface area contributed by atoms with Crippen LogP contribution in [-0.2, 0) is 5.41 Å². The molecule has 0 amide bonds. The van der Waals surface area contributed by atoms with E-state index in [0.29, 0.717) is 0 Å². The fourth-order valence-electron chi connectivity index (χ4n) is 7.52. The van der Waals surface area contributed by atoms with E-state index in [4.69, 9.17) is 9.47 Å². The molecule has 4 heteroatoms. The van der Waals surface area contributed by atoms with Crippen LogP contribution < -0.4 is 27.6 Å². The molecule has 4 heterocycles. The van der Waals surface area contributed by atoms with Crippen LogP contribution in [0, 0.1) is 20.8 Å². The second-order valence-corrected chi connectivity index (χ2v) is 19.9. The van der Waals surface area contributed by atoms with Crippen LogP contribution in [0.4, 0.5) is 17.1 Å². The molecule has 4 aromatic carbocycles.